The van der Waals surface area contributed by atoms with Crippen LogP contribution in [0.3, 0.4) is 0 Å². The van der Waals surface area contributed by atoms with E-state index in [4.69, 9.17) is 23.2 Å². The number of anilines is 1. The molecule has 0 unspecified atom stereocenters. The molecule has 2 aliphatic rings. The van der Waals surface area contributed by atoms with E-state index in [9.17, 15) is 0 Å². The van der Waals surface area contributed by atoms with Crippen LogP contribution in [0.15, 0.2) is 0 Å². The Morgan fingerprint density at radius 2 is 1.10 bits per heavy atom. The van der Waals surface area contributed by atoms with Crippen LogP contribution in [-0.2, 0) is 0 Å². The quantitative estimate of drug-likeness (QED) is 0.809. The molecule has 0 N–H and O–H groups in total. The van der Waals surface area contributed by atoms with Crippen LogP contribution < -0.4 is 4.90 Å². The third kappa shape index (κ3) is 3.78. The maximum Gasteiger partial charge on any atom is 0.231 e. The van der Waals surface area contributed by atoms with Gasteiger partial charge in [-0.1, -0.05) is 38.5 Å². The molecule has 21 heavy (non-hydrogen) atoms. The van der Waals surface area contributed by atoms with Crippen molar-refractivity contribution < 1.29 is 0 Å². The van der Waals surface area contributed by atoms with Crippen molar-refractivity contribution in [2.24, 2.45) is 0 Å². The molecule has 0 atom stereocenters. The van der Waals surface area contributed by atoms with Gasteiger partial charge in [0.15, 0.2) is 0 Å². The molecule has 4 nitrogen and oxygen atoms in total. The largest absolute Gasteiger partial charge is 0.335 e. The molecule has 116 valence electrons. The van der Waals surface area contributed by atoms with Crippen LogP contribution >= 0.6 is 23.2 Å². The van der Waals surface area contributed by atoms with Crippen molar-refractivity contribution in [2.75, 3.05) is 4.90 Å². The zero-order valence-corrected chi connectivity index (χ0v) is 13.8. The van der Waals surface area contributed by atoms with E-state index in [1.165, 1.54) is 64.2 Å². The molecule has 1 heterocycles. The van der Waals surface area contributed by atoms with E-state index in [1.807, 2.05) is 0 Å². The first-order valence-electron chi connectivity index (χ1n) is 8.09. The van der Waals surface area contributed by atoms with E-state index in [2.05, 4.69) is 19.9 Å². The fraction of sp³-hybridized carbons (Fsp3) is 0.800. The summed E-state index contributed by atoms with van der Waals surface area (Å²) in [6.07, 6.45) is 12.7. The Morgan fingerprint density at radius 3 is 1.52 bits per heavy atom. The van der Waals surface area contributed by atoms with Crippen LogP contribution in [0.4, 0.5) is 5.95 Å². The minimum atomic E-state index is 0.196. The SMILES string of the molecule is Clc1nc(Cl)nc(N(C2CCCCC2)C2CCCCC2)n1. The Hall–Kier alpha value is -0.610. The molecule has 1 aromatic heterocycles. The summed E-state index contributed by atoms with van der Waals surface area (Å²) in [5, 5.41) is 0.392. The third-order valence-electron chi connectivity index (χ3n) is 4.74. The van der Waals surface area contributed by atoms with E-state index in [-0.39, 0.29) is 10.6 Å². The second-order valence-corrected chi connectivity index (χ2v) is 6.84. The summed E-state index contributed by atoms with van der Waals surface area (Å²) >= 11 is 12.0. The molecule has 0 bridgehead atoms. The zero-order chi connectivity index (χ0) is 14.7. The normalized spacial score (nSPS) is 21.4. The summed E-state index contributed by atoms with van der Waals surface area (Å²) < 4.78 is 0. The Morgan fingerprint density at radius 1 is 0.667 bits per heavy atom. The monoisotopic (exact) mass is 328 g/mol. The highest BCUT2D eigenvalue weighted by atomic mass is 35.5. The van der Waals surface area contributed by atoms with Gasteiger partial charge in [0.1, 0.15) is 0 Å². The van der Waals surface area contributed by atoms with Crippen LogP contribution in [0.1, 0.15) is 64.2 Å². The molecule has 2 aliphatic carbocycles. The average Bonchev–Trinajstić information content (AvgIpc) is 2.49. The van der Waals surface area contributed by atoms with Crippen molar-refractivity contribution in [1.82, 2.24) is 15.0 Å². The van der Waals surface area contributed by atoms with E-state index >= 15 is 0 Å². The predicted molar refractivity (Wildman–Crippen MR) is 86.1 cm³/mol. The lowest BCUT2D eigenvalue weighted by atomic mass is 9.89. The molecule has 0 saturated heterocycles. The van der Waals surface area contributed by atoms with Gasteiger partial charge in [0.05, 0.1) is 0 Å². The molecule has 0 radical (unpaired) electrons. The molecule has 0 spiro atoms. The first kappa shape index (κ1) is 15.3. The maximum atomic E-state index is 6.00. The lowest BCUT2D eigenvalue weighted by Gasteiger charge is -2.41. The highest BCUT2D eigenvalue weighted by Gasteiger charge is 2.31. The van der Waals surface area contributed by atoms with Gasteiger partial charge in [-0.3, -0.25) is 0 Å². The second kappa shape index (κ2) is 7.10. The van der Waals surface area contributed by atoms with Gasteiger partial charge in [-0.25, -0.2) is 0 Å². The lowest BCUT2D eigenvalue weighted by Crippen LogP contribution is -2.46. The van der Waals surface area contributed by atoms with Crippen molar-refractivity contribution in [3.63, 3.8) is 0 Å². The summed E-state index contributed by atoms with van der Waals surface area (Å²) in [6.45, 7) is 0. The van der Waals surface area contributed by atoms with Crippen LogP contribution in [0, 0.1) is 0 Å². The van der Waals surface area contributed by atoms with Gasteiger partial charge in [0, 0.05) is 12.1 Å². The Labute approximate surface area is 136 Å². The minimum absolute atomic E-state index is 0.196. The first-order chi connectivity index (χ1) is 10.2. The highest BCUT2D eigenvalue weighted by Crippen LogP contribution is 2.33. The molecule has 0 aromatic carbocycles. The number of hydrogen-bond acceptors (Lipinski definition) is 4. The first-order valence-corrected chi connectivity index (χ1v) is 8.85. The molecular formula is C15H22Cl2N4. The smallest absolute Gasteiger partial charge is 0.231 e. The Bertz CT molecular complexity index is 432. The van der Waals surface area contributed by atoms with Gasteiger partial charge < -0.3 is 4.90 Å². The van der Waals surface area contributed by atoms with Gasteiger partial charge in [0.2, 0.25) is 16.5 Å². The number of halogens is 2. The van der Waals surface area contributed by atoms with Crippen molar-refractivity contribution in [1.29, 1.82) is 0 Å². The topological polar surface area (TPSA) is 41.9 Å². The molecule has 6 heteroatoms. The molecule has 1 aromatic rings. The maximum absolute atomic E-state index is 6.00. The number of nitrogens with zero attached hydrogens (tertiary/aromatic N) is 4. The molecule has 0 amide bonds. The fourth-order valence-corrected chi connectivity index (χ4v) is 4.13. The lowest BCUT2D eigenvalue weighted by molar-refractivity contribution is 0.335. The van der Waals surface area contributed by atoms with Crippen LogP contribution in [0.25, 0.3) is 0 Å². The molecule has 2 fully saturated rings. The summed E-state index contributed by atoms with van der Waals surface area (Å²) in [4.78, 5) is 15.0. The highest BCUT2D eigenvalue weighted by molar-refractivity contribution is 6.31. The summed E-state index contributed by atoms with van der Waals surface area (Å²) in [5.41, 5.74) is 0. The van der Waals surface area contributed by atoms with Crippen molar-refractivity contribution >= 4 is 29.2 Å². The average molecular weight is 329 g/mol. The van der Waals surface area contributed by atoms with Gasteiger partial charge >= 0.3 is 0 Å². The summed E-state index contributed by atoms with van der Waals surface area (Å²) in [5.74, 6) is 0.679. The standard InChI is InChI=1S/C15H22Cl2N4/c16-13-18-14(17)20-15(19-13)21(11-7-3-1-4-8-11)12-9-5-2-6-10-12/h11-12H,1-10H2. The zero-order valence-electron chi connectivity index (χ0n) is 12.3. The Kier molecular flexibility index (Phi) is 5.17. The van der Waals surface area contributed by atoms with E-state index < -0.39 is 0 Å². The van der Waals surface area contributed by atoms with Crippen LogP contribution in [0.5, 0.6) is 0 Å². The third-order valence-corrected chi connectivity index (χ3v) is 5.07. The van der Waals surface area contributed by atoms with Gasteiger partial charge in [-0.15, -0.1) is 0 Å². The summed E-state index contributed by atoms with van der Waals surface area (Å²) in [7, 11) is 0. The number of aromatic nitrogens is 3. The van der Waals surface area contributed by atoms with Gasteiger partial charge in [-0.05, 0) is 48.9 Å². The van der Waals surface area contributed by atoms with E-state index in [1.54, 1.807) is 0 Å². The minimum Gasteiger partial charge on any atom is -0.335 e. The molecular weight excluding hydrogens is 307 g/mol. The predicted octanol–water partition coefficient (Wildman–Crippen LogP) is 4.65. The number of hydrogen-bond donors (Lipinski definition) is 0. The van der Waals surface area contributed by atoms with Crippen molar-refractivity contribution in [3.05, 3.63) is 10.6 Å². The van der Waals surface area contributed by atoms with Crippen molar-refractivity contribution in [3.8, 4) is 0 Å². The molecule has 2 saturated carbocycles. The molecule has 3 rings (SSSR count). The second-order valence-electron chi connectivity index (χ2n) is 6.16. The Balaban J connectivity index is 1.89. The molecule has 0 aliphatic heterocycles. The van der Waals surface area contributed by atoms with Crippen LogP contribution in [-0.4, -0.2) is 27.0 Å². The summed E-state index contributed by atoms with van der Waals surface area (Å²) in [6, 6.07) is 1.05. The number of rotatable bonds is 3. The van der Waals surface area contributed by atoms with E-state index in [0.29, 0.717) is 18.0 Å². The van der Waals surface area contributed by atoms with Crippen molar-refractivity contribution in [2.45, 2.75) is 76.3 Å². The fourth-order valence-electron chi connectivity index (χ4n) is 3.77. The van der Waals surface area contributed by atoms with Gasteiger partial charge in [-0.2, -0.15) is 15.0 Å². The van der Waals surface area contributed by atoms with E-state index in [0.717, 1.165) is 0 Å². The van der Waals surface area contributed by atoms with Gasteiger partial charge in [0.25, 0.3) is 0 Å². The van der Waals surface area contributed by atoms with Crippen LogP contribution in [0.2, 0.25) is 10.6 Å².